The van der Waals surface area contributed by atoms with Crippen molar-refractivity contribution in [3.05, 3.63) is 78.9 Å². The largest absolute Gasteiger partial charge is 0.508 e. The van der Waals surface area contributed by atoms with Crippen molar-refractivity contribution < 1.29 is 10.2 Å². The van der Waals surface area contributed by atoms with Gasteiger partial charge in [0.1, 0.15) is 11.5 Å². The van der Waals surface area contributed by atoms with Gasteiger partial charge in [0.05, 0.1) is 28.8 Å². The zero-order chi connectivity index (χ0) is 21.1. The van der Waals surface area contributed by atoms with Crippen LogP contribution in [0.3, 0.4) is 0 Å². The van der Waals surface area contributed by atoms with Gasteiger partial charge in [-0.15, -0.1) is 0 Å². The highest BCUT2D eigenvalue weighted by molar-refractivity contribution is 5.75. The molecular formula is C24H22N4O2. The molecule has 4 rings (SSSR count). The number of anilines is 1. The lowest BCUT2D eigenvalue weighted by molar-refractivity contribution is 0.475. The Morgan fingerprint density at radius 3 is 2.13 bits per heavy atom. The topological polar surface area (TPSA) is 96.7 Å². The van der Waals surface area contributed by atoms with E-state index in [0.717, 1.165) is 22.5 Å². The number of aliphatic imine (C=N–C) groups is 1. The van der Waals surface area contributed by atoms with E-state index in [9.17, 15) is 10.2 Å². The molecule has 0 fully saturated rings. The maximum absolute atomic E-state index is 9.65. The second-order valence-electron chi connectivity index (χ2n) is 7.03. The molecule has 150 valence electrons. The molecular weight excluding hydrogens is 376 g/mol. The highest BCUT2D eigenvalue weighted by Crippen LogP contribution is 2.30. The Kier molecular flexibility index (Phi) is 5.22. The predicted octanol–water partition coefficient (Wildman–Crippen LogP) is 5.17. The summed E-state index contributed by atoms with van der Waals surface area (Å²) in [4.78, 5) is 4.54. The van der Waals surface area contributed by atoms with Crippen molar-refractivity contribution in [2.75, 3.05) is 5.73 Å². The molecule has 4 N–H and O–H groups in total. The number of hydrogen-bond acceptors (Lipinski definition) is 5. The fraction of sp³-hybridized carbons (Fsp3) is 0.0833. The molecule has 30 heavy (non-hydrogen) atoms. The van der Waals surface area contributed by atoms with E-state index in [1.165, 1.54) is 0 Å². The van der Waals surface area contributed by atoms with Crippen molar-refractivity contribution in [1.82, 2.24) is 9.78 Å². The SMILES string of the molecule is CC(C=Nc1ccccc1N)n1nc(-c2ccc(O)cc2)cc1-c1ccc(O)cc1. The number of nitrogens with two attached hydrogens (primary N) is 1. The highest BCUT2D eigenvalue weighted by Gasteiger charge is 2.15. The third-order valence-electron chi connectivity index (χ3n) is 4.81. The number of phenols is 2. The van der Waals surface area contributed by atoms with Crippen LogP contribution in [0, 0.1) is 0 Å². The van der Waals surface area contributed by atoms with Crippen LogP contribution in [0.1, 0.15) is 13.0 Å². The normalized spacial score (nSPS) is 12.3. The number of aromatic hydroxyl groups is 2. The second-order valence-corrected chi connectivity index (χ2v) is 7.03. The van der Waals surface area contributed by atoms with Gasteiger partial charge in [0.15, 0.2) is 0 Å². The van der Waals surface area contributed by atoms with E-state index >= 15 is 0 Å². The summed E-state index contributed by atoms with van der Waals surface area (Å²) in [5.74, 6) is 0.413. The number of hydrogen-bond donors (Lipinski definition) is 3. The number of rotatable bonds is 5. The minimum atomic E-state index is -0.153. The Balaban J connectivity index is 1.75. The average molecular weight is 398 g/mol. The smallest absolute Gasteiger partial charge is 0.115 e. The molecule has 1 heterocycles. The number of benzene rings is 3. The maximum Gasteiger partial charge on any atom is 0.115 e. The van der Waals surface area contributed by atoms with Crippen LogP contribution < -0.4 is 5.73 Å². The van der Waals surface area contributed by atoms with Crippen LogP contribution in [0.25, 0.3) is 22.5 Å². The van der Waals surface area contributed by atoms with Crippen LogP contribution in [0.15, 0.2) is 83.9 Å². The van der Waals surface area contributed by atoms with Crippen LogP contribution in [0.4, 0.5) is 11.4 Å². The Morgan fingerprint density at radius 2 is 1.50 bits per heavy atom. The molecule has 0 aliphatic heterocycles. The van der Waals surface area contributed by atoms with Crippen LogP contribution in [-0.2, 0) is 0 Å². The minimum absolute atomic E-state index is 0.153. The first-order valence-electron chi connectivity index (χ1n) is 9.58. The van der Waals surface area contributed by atoms with E-state index in [2.05, 4.69) is 4.99 Å². The molecule has 0 amide bonds. The molecule has 0 aliphatic rings. The lowest BCUT2D eigenvalue weighted by Crippen LogP contribution is -2.10. The molecule has 3 aromatic carbocycles. The lowest BCUT2D eigenvalue weighted by Gasteiger charge is -2.12. The van der Waals surface area contributed by atoms with Crippen LogP contribution in [0.5, 0.6) is 11.5 Å². The van der Waals surface area contributed by atoms with E-state index < -0.39 is 0 Å². The van der Waals surface area contributed by atoms with Crippen LogP contribution in [0.2, 0.25) is 0 Å². The quantitative estimate of drug-likeness (QED) is 0.319. The van der Waals surface area contributed by atoms with Gasteiger partial charge in [-0.2, -0.15) is 5.10 Å². The lowest BCUT2D eigenvalue weighted by atomic mass is 10.1. The molecule has 0 saturated heterocycles. The Bertz CT molecular complexity index is 1180. The monoisotopic (exact) mass is 398 g/mol. The number of para-hydroxylation sites is 2. The number of nitrogen functional groups attached to an aromatic ring is 1. The van der Waals surface area contributed by atoms with E-state index in [-0.39, 0.29) is 17.5 Å². The molecule has 6 heteroatoms. The second kappa shape index (κ2) is 8.13. The Labute approximate surface area is 174 Å². The van der Waals surface area contributed by atoms with Crippen LogP contribution in [-0.4, -0.2) is 26.2 Å². The van der Waals surface area contributed by atoms with Gasteiger partial charge in [-0.3, -0.25) is 9.67 Å². The van der Waals surface area contributed by atoms with Crippen molar-refractivity contribution in [3.63, 3.8) is 0 Å². The van der Waals surface area contributed by atoms with Crippen molar-refractivity contribution in [3.8, 4) is 34.0 Å². The number of aromatic nitrogens is 2. The van der Waals surface area contributed by atoms with E-state index in [1.807, 2.05) is 72.4 Å². The molecule has 1 unspecified atom stereocenters. The van der Waals surface area contributed by atoms with Crippen molar-refractivity contribution >= 4 is 17.6 Å². The minimum Gasteiger partial charge on any atom is -0.508 e. The molecule has 0 radical (unpaired) electrons. The summed E-state index contributed by atoms with van der Waals surface area (Å²) in [7, 11) is 0. The van der Waals surface area contributed by atoms with Gasteiger partial charge in [0, 0.05) is 17.3 Å². The van der Waals surface area contributed by atoms with Gasteiger partial charge in [0.2, 0.25) is 0 Å². The molecule has 1 atom stereocenters. The van der Waals surface area contributed by atoms with Crippen molar-refractivity contribution in [2.24, 2.45) is 4.99 Å². The number of phenolic OH excluding ortho intramolecular Hbond substituents is 2. The first kappa shape index (κ1) is 19.3. The molecule has 0 saturated carbocycles. The summed E-state index contributed by atoms with van der Waals surface area (Å²) in [6.07, 6.45) is 1.81. The highest BCUT2D eigenvalue weighted by atomic mass is 16.3. The standard InChI is InChI=1S/C24H22N4O2/c1-16(15-26-22-5-3-2-4-21(22)25)28-24(18-8-12-20(30)13-9-18)14-23(27-28)17-6-10-19(29)11-7-17/h2-16,29-30H,25H2,1H3. The summed E-state index contributed by atoms with van der Waals surface area (Å²) in [6.45, 7) is 2.00. The fourth-order valence-corrected chi connectivity index (χ4v) is 3.18. The molecule has 4 aromatic rings. The van der Waals surface area contributed by atoms with Crippen LogP contribution >= 0.6 is 0 Å². The van der Waals surface area contributed by atoms with E-state index in [1.54, 1.807) is 24.3 Å². The first-order valence-corrected chi connectivity index (χ1v) is 9.58. The summed E-state index contributed by atoms with van der Waals surface area (Å²) in [6, 6.07) is 23.2. The van der Waals surface area contributed by atoms with Gasteiger partial charge >= 0.3 is 0 Å². The van der Waals surface area contributed by atoms with Gasteiger partial charge in [0.25, 0.3) is 0 Å². The van der Waals surface area contributed by atoms with Gasteiger partial charge in [-0.25, -0.2) is 0 Å². The fourth-order valence-electron chi connectivity index (χ4n) is 3.18. The van der Waals surface area contributed by atoms with Gasteiger partial charge in [-0.1, -0.05) is 12.1 Å². The van der Waals surface area contributed by atoms with Crippen molar-refractivity contribution in [2.45, 2.75) is 13.0 Å². The molecule has 0 spiro atoms. The first-order chi connectivity index (χ1) is 14.5. The molecule has 6 nitrogen and oxygen atoms in total. The summed E-state index contributed by atoms with van der Waals surface area (Å²) < 4.78 is 1.89. The molecule has 0 aliphatic carbocycles. The summed E-state index contributed by atoms with van der Waals surface area (Å²) in [5.41, 5.74) is 10.8. The van der Waals surface area contributed by atoms with Gasteiger partial charge in [-0.05, 0) is 73.7 Å². The number of nitrogens with zero attached hydrogens (tertiary/aromatic N) is 3. The van der Waals surface area contributed by atoms with E-state index in [4.69, 9.17) is 10.8 Å². The maximum atomic E-state index is 9.65. The Hall–Kier alpha value is -4.06. The zero-order valence-electron chi connectivity index (χ0n) is 16.5. The van der Waals surface area contributed by atoms with Crippen molar-refractivity contribution in [1.29, 1.82) is 0 Å². The average Bonchev–Trinajstić information content (AvgIpc) is 3.19. The zero-order valence-corrected chi connectivity index (χ0v) is 16.5. The molecule has 1 aromatic heterocycles. The third-order valence-corrected chi connectivity index (χ3v) is 4.81. The molecule has 0 bridgehead atoms. The van der Waals surface area contributed by atoms with Gasteiger partial charge < -0.3 is 15.9 Å². The Morgan fingerprint density at radius 1 is 0.900 bits per heavy atom. The summed E-state index contributed by atoms with van der Waals surface area (Å²) >= 11 is 0. The third kappa shape index (κ3) is 4.03. The predicted molar refractivity (Wildman–Crippen MR) is 120 cm³/mol. The van der Waals surface area contributed by atoms with E-state index in [0.29, 0.717) is 11.4 Å². The summed E-state index contributed by atoms with van der Waals surface area (Å²) in [5, 5.41) is 24.0.